The van der Waals surface area contributed by atoms with Crippen molar-refractivity contribution in [1.82, 2.24) is 0 Å². The van der Waals surface area contributed by atoms with E-state index in [1.165, 1.54) is 0 Å². The largest absolute Gasteiger partial charge is 0.224 e. The third-order valence-corrected chi connectivity index (χ3v) is 4.24. The normalized spacial score (nSPS) is 25.2. The molecule has 0 aliphatic carbocycles. The standard InChI is InChI=1S/C9H10O2S/c1-7-6-12(10,11)9-5-3-2-4-8(7)9/h2-5,7H,6H2,1H3/t7-/m0/s1. The Kier molecular flexibility index (Phi) is 1.51. The highest BCUT2D eigenvalue weighted by molar-refractivity contribution is 7.91. The molecular formula is C9H10O2S. The molecule has 0 saturated carbocycles. The van der Waals surface area contributed by atoms with Crippen molar-refractivity contribution >= 4 is 9.84 Å². The fourth-order valence-corrected chi connectivity index (χ4v) is 3.61. The highest BCUT2D eigenvalue weighted by atomic mass is 32.2. The van der Waals surface area contributed by atoms with Crippen LogP contribution < -0.4 is 0 Å². The van der Waals surface area contributed by atoms with Gasteiger partial charge in [0, 0.05) is 0 Å². The fraction of sp³-hybridized carbons (Fsp3) is 0.333. The Labute approximate surface area is 72.1 Å². The molecule has 0 radical (unpaired) electrons. The van der Waals surface area contributed by atoms with E-state index in [0.717, 1.165) is 5.56 Å². The predicted molar refractivity (Wildman–Crippen MR) is 46.9 cm³/mol. The van der Waals surface area contributed by atoms with Crippen molar-refractivity contribution < 1.29 is 8.42 Å². The first-order valence-electron chi connectivity index (χ1n) is 3.93. The molecule has 0 spiro atoms. The summed E-state index contributed by atoms with van der Waals surface area (Å²) >= 11 is 0. The Morgan fingerprint density at radius 3 is 2.67 bits per heavy atom. The number of rotatable bonds is 0. The molecule has 1 heterocycles. The molecule has 0 saturated heterocycles. The van der Waals surface area contributed by atoms with Crippen molar-refractivity contribution in [2.75, 3.05) is 5.75 Å². The van der Waals surface area contributed by atoms with E-state index in [1.807, 2.05) is 19.1 Å². The molecule has 1 aromatic rings. The van der Waals surface area contributed by atoms with Crippen LogP contribution in [0.15, 0.2) is 29.2 Å². The van der Waals surface area contributed by atoms with E-state index in [0.29, 0.717) is 4.90 Å². The quantitative estimate of drug-likeness (QED) is 0.610. The molecule has 2 nitrogen and oxygen atoms in total. The van der Waals surface area contributed by atoms with Crippen LogP contribution in [-0.4, -0.2) is 14.2 Å². The molecule has 1 aliphatic heterocycles. The third-order valence-electron chi connectivity index (χ3n) is 2.25. The minimum Gasteiger partial charge on any atom is -0.224 e. The Hall–Kier alpha value is -0.830. The van der Waals surface area contributed by atoms with Gasteiger partial charge in [-0.15, -0.1) is 0 Å². The van der Waals surface area contributed by atoms with Crippen LogP contribution in [-0.2, 0) is 9.84 Å². The first-order chi connectivity index (χ1) is 5.61. The number of benzene rings is 1. The van der Waals surface area contributed by atoms with Gasteiger partial charge in [0.2, 0.25) is 0 Å². The second-order valence-electron chi connectivity index (χ2n) is 3.22. The lowest BCUT2D eigenvalue weighted by atomic mass is 10.0. The van der Waals surface area contributed by atoms with Crippen molar-refractivity contribution in [3.63, 3.8) is 0 Å². The van der Waals surface area contributed by atoms with Gasteiger partial charge < -0.3 is 0 Å². The molecule has 0 aromatic heterocycles. The number of fused-ring (bicyclic) bond motifs is 1. The average Bonchev–Trinajstić information content (AvgIpc) is 2.25. The molecule has 0 amide bonds. The molecule has 1 aromatic carbocycles. The zero-order chi connectivity index (χ0) is 8.77. The fourth-order valence-electron chi connectivity index (χ4n) is 1.68. The van der Waals surface area contributed by atoms with E-state index in [1.54, 1.807) is 12.1 Å². The van der Waals surface area contributed by atoms with Gasteiger partial charge in [0.1, 0.15) is 0 Å². The van der Waals surface area contributed by atoms with Crippen LogP contribution in [0.5, 0.6) is 0 Å². The molecule has 1 atom stereocenters. The average molecular weight is 182 g/mol. The molecule has 0 fully saturated rings. The summed E-state index contributed by atoms with van der Waals surface area (Å²) in [5, 5.41) is 0. The second kappa shape index (κ2) is 2.33. The van der Waals surface area contributed by atoms with Gasteiger partial charge in [0.15, 0.2) is 9.84 Å². The molecule has 12 heavy (non-hydrogen) atoms. The predicted octanol–water partition coefficient (Wildman–Crippen LogP) is 1.58. The van der Waals surface area contributed by atoms with Crippen molar-refractivity contribution in [2.45, 2.75) is 17.7 Å². The maximum Gasteiger partial charge on any atom is 0.179 e. The Morgan fingerprint density at radius 1 is 1.33 bits per heavy atom. The summed E-state index contributed by atoms with van der Waals surface area (Å²) in [6, 6.07) is 7.24. The van der Waals surface area contributed by atoms with Crippen LogP contribution in [0.2, 0.25) is 0 Å². The van der Waals surface area contributed by atoms with E-state index in [2.05, 4.69) is 0 Å². The molecule has 3 heteroatoms. The van der Waals surface area contributed by atoms with E-state index >= 15 is 0 Å². The van der Waals surface area contributed by atoms with Crippen molar-refractivity contribution in [2.24, 2.45) is 0 Å². The highest BCUT2D eigenvalue weighted by Gasteiger charge is 2.30. The van der Waals surface area contributed by atoms with Crippen LogP contribution in [0.1, 0.15) is 18.4 Å². The van der Waals surface area contributed by atoms with Crippen molar-refractivity contribution in [1.29, 1.82) is 0 Å². The zero-order valence-electron chi connectivity index (χ0n) is 6.82. The van der Waals surface area contributed by atoms with Gasteiger partial charge in [-0.2, -0.15) is 0 Å². The zero-order valence-corrected chi connectivity index (χ0v) is 7.64. The Balaban J connectivity index is 2.74. The van der Waals surface area contributed by atoms with E-state index in [4.69, 9.17) is 0 Å². The topological polar surface area (TPSA) is 34.1 Å². The van der Waals surface area contributed by atoms with Crippen molar-refractivity contribution in [3.05, 3.63) is 29.8 Å². The van der Waals surface area contributed by atoms with Crippen LogP contribution >= 0.6 is 0 Å². The van der Waals surface area contributed by atoms with Gasteiger partial charge in [-0.05, 0) is 17.5 Å². The number of hydrogen-bond acceptors (Lipinski definition) is 2. The van der Waals surface area contributed by atoms with Crippen LogP contribution in [0, 0.1) is 0 Å². The lowest BCUT2D eigenvalue weighted by Crippen LogP contribution is -2.00. The maximum absolute atomic E-state index is 11.5. The summed E-state index contributed by atoms with van der Waals surface area (Å²) < 4.78 is 22.9. The smallest absolute Gasteiger partial charge is 0.179 e. The summed E-state index contributed by atoms with van der Waals surface area (Å²) in [6.45, 7) is 1.95. The molecule has 2 rings (SSSR count). The Bertz CT molecular complexity index is 406. The van der Waals surface area contributed by atoms with E-state index in [9.17, 15) is 8.42 Å². The lowest BCUT2D eigenvalue weighted by Gasteiger charge is -1.98. The lowest BCUT2D eigenvalue weighted by molar-refractivity contribution is 0.598. The highest BCUT2D eigenvalue weighted by Crippen LogP contribution is 2.33. The van der Waals surface area contributed by atoms with E-state index in [-0.39, 0.29) is 11.7 Å². The molecule has 64 valence electrons. The number of hydrogen-bond donors (Lipinski definition) is 0. The van der Waals surface area contributed by atoms with Gasteiger partial charge in [0.25, 0.3) is 0 Å². The molecular weight excluding hydrogens is 172 g/mol. The van der Waals surface area contributed by atoms with Gasteiger partial charge in [-0.1, -0.05) is 25.1 Å². The summed E-state index contributed by atoms with van der Waals surface area (Å²) in [5.74, 6) is 0.429. The summed E-state index contributed by atoms with van der Waals surface area (Å²) in [5.41, 5.74) is 0.970. The van der Waals surface area contributed by atoms with Gasteiger partial charge in [-0.3, -0.25) is 0 Å². The second-order valence-corrected chi connectivity index (χ2v) is 5.22. The first kappa shape index (κ1) is 7.80. The summed E-state index contributed by atoms with van der Waals surface area (Å²) in [6.07, 6.45) is 0. The van der Waals surface area contributed by atoms with Gasteiger partial charge in [0.05, 0.1) is 10.6 Å². The monoisotopic (exact) mass is 182 g/mol. The minimum absolute atomic E-state index is 0.159. The third kappa shape index (κ3) is 0.966. The van der Waals surface area contributed by atoms with Gasteiger partial charge >= 0.3 is 0 Å². The molecule has 0 N–H and O–H groups in total. The SMILES string of the molecule is C[C@H]1CS(=O)(=O)c2ccccc21. The van der Waals surface area contributed by atoms with Gasteiger partial charge in [-0.25, -0.2) is 8.42 Å². The van der Waals surface area contributed by atoms with Crippen LogP contribution in [0.3, 0.4) is 0 Å². The molecule has 1 aliphatic rings. The summed E-state index contributed by atoms with van der Waals surface area (Å²) in [7, 11) is -2.95. The first-order valence-corrected chi connectivity index (χ1v) is 5.58. The van der Waals surface area contributed by atoms with Crippen LogP contribution in [0.25, 0.3) is 0 Å². The minimum atomic E-state index is -2.95. The molecule has 0 unspecified atom stereocenters. The number of sulfone groups is 1. The maximum atomic E-state index is 11.5. The van der Waals surface area contributed by atoms with E-state index < -0.39 is 9.84 Å². The summed E-state index contributed by atoms with van der Waals surface area (Å²) in [4.78, 5) is 0.525. The van der Waals surface area contributed by atoms with Crippen molar-refractivity contribution in [3.8, 4) is 0 Å². The van der Waals surface area contributed by atoms with Crippen LogP contribution in [0.4, 0.5) is 0 Å². The Morgan fingerprint density at radius 2 is 2.00 bits per heavy atom. The molecule has 0 bridgehead atoms.